The Kier molecular flexibility index (Phi) is 5.38. The molecule has 0 spiro atoms. The molecule has 0 aliphatic rings. The van der Waals surface area contributed by atoms with E-state index in [0.717, 1.165) is 24.3 Å². The van der Waals surface area contributed by atoms with Gasteiger partial charge in [-0.15, -0.1) is 11.3 Å². The maximum Gasteiger partial charge on any atom is 0.0941 e. The smallest absolute Gasteiger partial charge is 0.0941 e. The molecule has 1 aromatic heterocycles. The minimum Gasteiger partial charge on any atom is -0.374 e. The van der Waals surface area contributed by atoms with E-state index < -0.39 is 0 Å². The first-order valence-corrected chi connectivity index (χ1v) is 6.84. The molecule has 1 rings (SSSR count). The van der Waals surface area contributed by atoms with Gasteiger partial charge >= 0.3 is 0 Å². The van der Waals surface area contributed by atoms with Crippen molar-refractivity contribution in [3.05, 3.63) is 16.6 Å². The molecule has 0 amide bonds. The van der Waals surface area contributed by atoms with Gasteiger partial charge in [0.15, 0.2) is 0 Å². The van der Waals surface area contributed by atoms with Crippen LogP contribution in [0.3, 0.4) is 0 Å². The van der Waals surface area contributed by atoms with Crippen LogP contribution in [0.4, 0.5) is 0 Å². The van der Waals surface area contributed by atoms with Crippen LogP contribution in [0.2, 0.25) is 0 Å². The first-order valence-electron chi connectivity index (χ1n) is 5.96. The van der Waals surface area contributed by atoms with Crippen molar-refractivity contribution in [2.45, 2.75) is 51.7 Å². The molecule has 0 bridgehead atoms. The molecule has 16 heavy (non-hydrogen) atoms. The van der Waals surface area contributed by atoms with Gasteiger partial charge in [-0.25, -0.2) is 4.98 Å². The Morgan fingerprint density at radius 1 is 1.44 bits per heavy atom. The lowest BCUT2D eigenvalue weighted by Crippen LogP contribution is -2.50. The quantitative estimate of drug-likeness (QED) is 0.799. The minimum atomic E-state index is -0.194. The van der Waals surface area contributed by atoms with Crippen molar-refractivity contribution in [2.75, 3.05) is 6.61 Å². The van der Waals surface area contributed by atoms with Crippen LogP contribution in [0.25, 0.3) is 0 Å². The summed E-state index contributed by atoms with van der Waals surface area (Å²) >= 11 is 1.66. The van der Waals surface area contributed by atoms with E-state index in [2.05, 4.69) is 18.8 Å². The first kappa shape index (κ1) is 13.6. The van der Waals surface area contributed by atoms with Crippen LogP contribution in [0, 0.1) is 0 Å². The lowest BCUT2D eigenvalue weighted by Gasteiger charge is -2.37. The summed E-state index contributed by atoms with van der Waals surface area (Å²) in [5.74, 6) is 0. The van der Waals surface area contributed by atoms with Crippen molar-refractivity contribution in [3.63, 3.8) is 0 Å². The van der Waals surface area contributed by atoms with Crippen molar-refractivity contribution >= 4 is 11.3 Å². The number of rotatable bonds is 7. The third kappa shape index (κ3) is 3.03. The van der Waals surface area contributed by atoms with Crippen molar-refractivity contribution < 1.29 is 4.74 Å². The van der Waals surface area contributed by atoms with Crippen molar-refractivity contribution in [1.29, 1.82) is 0 Å². The fourth-order valence-electron chi connectivity index (χ4n) is 2.10. The Morgan fingerprint density at radius 3 is 2.56 bits per heavy atom. The first-order chi connectivity index (χ1) is 7.68. The van der Waals surface area contributed by atoms with E-state index in [0.29, 0.717) is 6.61 Å². The Bertz CT molecular complexity index is 283. The van der Waals surface area contributed by atoms with E-state index in [1.54, 1.807) is 11.3 Å². The average molecular weight is 242 g/mol. The number of nitrogens with two attached hydrogens (primary N) is 1. The van der Waals surface area contributed by atoms with E-state index in [9.17, 15) is 0 Å². The molecule has 0 radical (unpaired) electrons. The SMILES string of the molecule is CCOC(CC)(CC)C(N)Cc1nccs1. The average Bonchev–Trinajstić information content (AvgIpc) is 2.78. The van der Waals surface area contributed by atoms with E-state index in [4.69, 9.17) is 10.5 Å². The second kappa shape index (κ2) is 6.33. The molecular weight excluding hydrogens is 220 g/mol. The number of hydrogen-bond acceptors (Lipinski definition) is 4. The summed E-state index contributed by atoms with van der Waals surface area (Å²) in [6.45, 7) is 7.02. The number of hydrogen-bond donors (Lipinski definition) is 1. The molecule has 1 heterocycles. The molecule has 1 aromatic rings. The minimum absolute atomic E-state index is 0.0219. The van der Waals surface area contributed by atoms with E-state index >= 15 is 0 Å². The van der Waals surface area contributed by atoms with Gasteiger partial charge in [-0.3, -0.25) is 0 Å². The molecule has 1 unspecified atom stereocenters. The fourth-order valence-corrected chi connectivity index (χ4v) is 2.78. The molecule has 1 atom stereocenters. The highest BCUT2D eigenvalue weighted by Gasteiger charge is 2.34. The van der Waals surface area contributed by atoms with Crippen LogP contribution in [0.1, 0.15) is 38.6 Å². The molecule has 0 fully saturated rings. The highest BCUT2D eigenvalue weighted by Crippen LogP contribution is 2.26. The number of nitrogens with zero attached hydrogens (tertiary/aromatic N) is 1. The van der Waals surface area contributed by atoms with Gasteiger partial charge in [-0.2, -0.15) is 0 Å². The largest absolute Gasteiger partial charge is 0.374 e. The molecule has 0 saturated heterocycles. The summed E-state index contributed by atoms with van der Waals surface area (Å²) in [5.41, 5.74) is 6.10. The van der Waals surface area contributed by atoms with Gasteiger partial charge in [0.1, 0.15) is 0 Å². The number of ether oxygens (including phenoxy) is 1. The lowest BCUT2D eigenvalue weighted by molar-refractivity contribution is -0.0633. The lowest BCUT2D eigenvalue weighted by atomic mass is 9.87. The van der Waals surface area contributed by atoms with Crippen LogP contribution in [0.5, 0.6) is 0 Å². The Morgan fingerprint density at radius 2 is 2.12 bits per heavy atom. The van der Waals surface area contributed by atoms with Crippen LogP contribution >= 0.6 is 11.3 Å². The Hall–Kier alpha value is -0.450. The van der Waals surface area contributed by atoms with Crippen LogP contribution in [-0.2, 0) is 11.2 Å². The highest BCUT2D eigenvalue weighted by molar-refractivity contribution is 7.09. The molecule has 0 aromatic carbocycles. The number of thiazole rings is 1. The second-order valence-electron chi connectivity index (χ2n) is 3.94. The predicted molar refractivity (Wildman–Crippen MR) is 68.7 cm³/mol. The van der Waals surface area contributed by atoms with E-state index in [1.165, 1.54) is 0 Å². The zero-order valence-electron chi connectivity index (χ0n) is 10.4. The summed E-state index contributed by atoms with van der Waals surface area (Å²) in [5, 5.41) is 3.08. The molecular formula is C12H22N2OS. The van der Waals surface area contributed by atoms with Gasteiger partial charge in [-0.05, 0) is 19.8 Å². The maximum atomic E-state index is 6.29. The molecule has 0 aliphatic carbocycles. The van der Waals surface area contributed by atoms with Crippen molar-refractivity contribution in [1.82, 2.24) is 4.98 Å². The molecule has 0 saturated carbocycles. The standard InChI is InChI=1S/C12H22N2OS/c1-4-12(5-2,15-6-3)10(13)9-11-14-7-8-16-11/h7-8,10H,4-6,9,13H2,1-3H3. The van der Waals surface area contributed by atoms with E-state index in [1.807, 2.05) is 18.5 Å². The third-order valence-electron chi connectivity index (χ3n) is 3.18. The van der Waals surface area contributed by atoms with Crippen molar-refractivity contribution in [2.24, 2.45) is 5.73 Å². The van der Waals surface area contributed by atoms with Gasteiger partial charge in [0.2, 0.25) is 0 Å². The summed E-state index contributed by atoms with van der Waals surface area (Å²) in [7, 11) is 0. The normalized spacial score (nSPS) is 14.0. The zero-order valence-corrected chi connectivity index (χ0v) is 11.2. The van der Waals surface area contributed by atoms with Gasteiger partial charge in [-0.1, -0.05) is 13.8 Å². The monoisotopic (exact) mass is 242 g/mol. The Labute approximate surface area is 102 Å². The van der Waals surface area contributed by atoms with Gasteiger partial charge < -0.3 is 10.5 Å². The molecule has 3 nitrogen and oxygen atoms in total. The maximum absolute atomic E-state index is 6.29. The van der Waals surface area contributed by atoms with Gasteiger partial charge in [0.25, 0.3) is 0 Å². The summed E-state index contributed by atoms with van der Waals surface area (Å²) in [6.07, 6.45) is 4.53. The Balaban J connectivity index is 2.70. The topological polar surface area (TPSA) is 48.1 Å². The highest BCUT2D eigenvalue weighted by atomic mass is 32.1. The predicted octanol–water partition coefficient (Wildman–Crippen LogP) is 2.61. The van der Waals surface area contributed by atoms with Gasteiger partial charge in [0, 0.05) is 30.6 Å². The van der Waals surface area contributed by atoms with E-state index in [-0.39, 0.29) is 11.6 Å². The molecule has 2 N–H and O–H groups in total. The molecule has 0 aliphatic heterocycles. The third-order valence-corrected chi connectivity index (χ3v) is 3.98. The summed E-state index contributed by atoms with van der Waals surface area (Å²) in [6, 6.07) is 0.0219. The van der Waals surface area contributed by atoms with Crippen LogP contribution in [0.15, 0.2) is 11.6 Å². The summed E-state index contributed by atoms with van der Waals surface area (Å²) < 4.78 is 5.89. The van der Waals surface area contributed by atoms with Gasteiger partial charge in [0.05, 0.1) is 10.6 Å². The second-order valence-corrected chi connectivity index (χ2v) is 4.92. The number of aromatic nitrogens is 1. The summed E-state index contributed by atoms with van der Waals surface area (Å²) in [4.78, 5) is 4.28. The zero-order chi connectivity index (χ0) is 12.0. The van der Waals surface area contributed by atoms with Crippen LogP contribution < -0.4 is 5.73 Å². The van der Waals surface area contributed by atoms with Crippen LogP contribution in [-0.4, -0.2) is 23.2 Å². The molecule has 4 heteroatoms. The fraction of sp³-hybridized carbons (Fsp3) is 0.750. The molecule has 92 valence electrons. The van der Waals surface area contributed by atoms with Crippen molar-refractivity contribution in [3.8, 4) is 0 Å².